The van der Waals surface area contributed by atoms with Crippen LogP contribution in [0, 0.1) is 27.7 Å². The highest BCUT2D eigenvalue weighted by atomic mass is 15.2. The quantitative estimate of drug-likeness (QED) is 0.156. The van der Waals surface area contributed by atoms with Crippen LogP contribution in [0.2, 0.25) is 0 Å². The molecule has 0 aliphatic rings. The Hall–Kier alpha value is -5.28. The second-order valence-electron chi connectivity index (χ2n) is 15.7. The minimum atomic E-state index is 0.155. The van der Waals surface area contributed by atoms with Crippen LogP contribution in [-0.4, -0.2) is 15.2 Å². The summed E-state index contributed by atoms with van der Waals surface area (Å²) in [4.78, 5) is 2.49. The van der Waals surface area contributed by atoms with E-state index < -0.39 is 0 Å². The Morgan fingerprint density at radius 3 is 1.67 bits per heavy atom. The summed E-state index contributed by atoms with van der Waals surface area (Å²) in [6.45, 7) is 20.4. The number of anilines is 2. The van der Waals surface area contributed by atoms with Gasteiger partial charge in [-0.05, 0) is 150 Å². The molecule has 0 amide bonds. The fourth-order valence-corrected chi connectivity index (χ4v) is 8.50. The van der Waals surface area contributed by atoms with Crippen LogP contribution in [0.5, 0.6) is 0 Å². The van der Waals surface area contributed by atoms with Crippen LogP contribution in [0.15, 0.2) is 115 Å². The minimum absolute atomic E-state index is 0.155. The third-order valence-electron chi connectivity index (χ3n) is 11.9. The second kappa shape index (κ2) is 12.7. The zero-order chi connectivity index (χ0) is 36.5. The molecule has 0 spiro atoms. The van der Waals surface area contributed by atoms with Crippen molar-refractivity contribution in [2.45, 2.75) is 86.6 Å². The maximum absolute atomic E-state index is 2.49. The summed E-state index contributed by atoms with van der Waals surface area (Å²) >= 11 is 0. The summed E-state index contributed by atoms with van der Waals surface area (Å²) in [5.41, 5.74) is 16.4. The molecule has 2 heterocycles. The molecule has 8 aromatic rings. The molecule has 6 aromatic carbocycles. The van der Waals surface area contributed by atoms with Gasteiger partial charge in [-0.2, -0.15) is 0 Å². The number of rotatable bonds is 8. The van der Waals surface area contributed by atoms with Crippen molar-refractivity contribution in [3.05, 3.63) is 143 Å². The predicted molar refractivity (Wildman–Crippen MR) is 226 cm³/mol. The van der Waals surface area contributed by atoms with E-state index in [0.717, 1.165) is 12.8 Å². The summed E-state index contributed by atoms with van der Waals surface area (Å²) in [6, 6.07) is 44.3. The van der Waals surface area contributed by atoms with Gasteiger partial charge in [0.2, 0.25) is 0 Å². The van der Waals surface area contributed by atoms with E-state index in [-0.39, 0.29) is 11.5 Å². The highest BCUT2D eigenvalue weighted by Gasteiger charge is 2.25. The van der Waals surface area contributed by atoms with E-state index in [4.69, 9.17) is 0 Å². The molecule has 3 nitrogen and oxygen atoms in total. The van der Waals surface area contributed by atoms with Crippen LogP contribution < -0.4 is 4.90 Å². The molecule has 52 heavy (non-hydrogen) atoms. The van der Waals surface area contributed by atoms with Crippen LogP contribution in [0.4, 0.5) is 11.4 Å². The number of nitrogens with zero attached hydrogens (tertiary/aromatic N) is 3. The maximum atomic E-state index is 2.49. The Kier molecular flexibility index (Phi) is 8.29. The summed E-state index contributed by atoms with van der Waals surface area (Å²) in [7, 11) is 0. The van der Waals surface area contributed by atoms with Gasteiger partial charge in [0.15, 0.2) is 0 Å². The zero-order valence-electron chi connectivity index (χ0n) is 32.3. The number of benzene rings is 6. The van der Waals surface area contributed by atoms with Gasteiger partial charge < -0.3 is 14.0 Å². The van der Waals surface area contributed by atoms with Gasteiger partial charge in [-0.15, -0.1) is 0 Å². The second-order valence-corrected chi connectivity index (χ2v) is 15.7. The lowest BCUT2D eigenvalue weighted by Crippen LogP contribution is -2.26. The molecule has 0 aliphatic heterocycles. The Labute approximate surface area is 309 Å². The van der Waals surface area contributed by atoms with Crippen molar-refractivity contribution in [2.24, 2.45) is 0 Å². The third kappa shape index (κ3) is 5.41. The lowest BCUT2D eigenvalue weighted by atomic mass is 9.77. The van der Waals surface area contributed by atoms with E-state index in [1.165, 1.54) is 94.2 Å². The molecule has 0 atom stereocenters. The smallest absolute Gasteiger partial charge is 0.0542 e. The molecule has 0 radical (unpaired) electrons. The molecule has 2 aromatic heterocycles. The highest BCUT2D eigenvalue weighted by molar-refractivity contribution is 6.13. The molecule has 0 unspecified atom stereocenters. The first kappa shape index (κ1) is 33.8. The fourth-order valence-electron chi connectivity index (χ4n) is 8.50. The Morgan fingerprint density at radius 2 is 1.02 bits per heavy atom. The van der Waals surface area contributed by atoms with E-state index in [1.807, 2.05) is 0 Å². The van der Waals surface area contributed by atoms with Gasteiger partial charge in [0, 0.05) is 50.3 Å². The van der Waals surface area contributed by atoms with Crippen LogP contribution in [0.1, 0.15) is 75.3 Å². The number of fused-ring (bicyclic) bond motifs is 6. The average Bonchev–Trinajstić information content (AvgIpc) is 3.63. The zero-order valence-corrected chi connectivity index (χ0v) is 32.3. The van der Waals surface area contributed by atoms with Crippen molar-refractivity contribution >= 4 is 55.0 Å². The van der Waals surface area contributed by atoms with Gasteiger partial charge in [-0.3, -0.25) is 0 Å². The van der Waals surface area contributed by atoms with E-state index in [1.54, 1.807) is 0 Å². The molecule has 0 saturated heterocycles. The van der Waals surface area contributed by atoms with Crippen LogP contribution in [-0.2, 0) is 5.41 Å². The summed E-state index contributed by atoms with van der Waals surface area (Å²) in [5, 5.41) is 5.15. The van der Waals surface area contributed by atoms with Crippen LogP contribution in [0.3, 0.4) is 0 Å². The Balaban J connectivity index is 1.41. The Morgan fingerprint density at radius 1 is 0.519 bits per heavy atom. The van der Waals surface area contributed by atoms with Crippen molar-refractivity contribution in [1.82, 2.24) is 9.13 Å². The van der Waals surface area contributed by atoms with Gasteiger partial charge in [-0.25, -0.2) is 0 Å². The maximum Gasteiger partial charge on any atom is 0.0542 e. The number of aryl methyl sites for hydroxylation is 4. The highest BCUT2D eigenvalue weighted by Crippen LogP contribution is 2.41. The van der Waals surface area contributed by atoms with Crippen molar-refractivity contribution in [2.75, 3.05) is 4.90 Å². The molecular formula is C49H51N3. The molecule has 3 heteroatoms. The van der Waals surface area contributed by atoms with Crippen molar-refractivity contribution < 1.29 is 0 Å². The van der Waals surface area contributed by atoms with Crippen LogP contribution in [0.25, 0.3) is 55.0 Å². The normalized spacial score (nSPS) is 12.3. The number of hydrogen-bond donors (Lipinski definition) is 0. The van der Waals surface area contributed by atoms with Crippen LogP contribution >= 0.6 is 0 Å². The predicted octanol–water partition coefficient (Wildman–Crippen LogP) is 13.7. The van der Waals surface area contributed by atoms with Gasteiger partial charge in [-0.1, -0.05) is 73.9 Å². The van der Waals surface area contributed by atoms with Gasteiger partial charge in [0.25, 0.3) is 0 Å². The molecular weight excluding hydrogens is 631 g/mol. The first-order valence-corrected chi connectivity index (χ1v) is 19.1. The van der Waals surface area contributed by atoms with Gasteiger partial charge in [0.1, 0.15) is 0 Å². The fraction of sp³-hybridized carbons (Fsp3) is 0.265. The summed E-state index contributed by atoms with van der Waals surface area (Å²) < 4.78 is 4.92. The van der Waals surface area contributed by atoms with E-state index in [0.29, 0.717) is 0 Å². The molecule has 8 rings (SSSR count). The topological polar surface area (TPSA) is 13.1 Å². The lowest BCUT2D eigenvalue weighted by molar-refractivity contribution is 0.439. The van der Waals surface area contributed by atoms with Crippen molar-refractivity contribution in [1.29, 1.82) is 0 Å². The summed E-state index contributed by atoms with van der Waals surface area (Å²) in [6.07, 6.45) is 2.24. The van der Waals surface area contributed by atoms with Gasteiger partial charge >= 0.3 is 0 Å². The average molecular weight is 682 g/mol. The molecule has 0 fully saturated rings. The Bertz CT molecular complexity index is 2630. The van der Waals surface area contributed by atoms with Gasteiger partial charge in [0.05, 0.1) is 22.1 Å². The largest absolute Gasteiger partial charge is 0.339 e. The molecule has 262 valence electrons. The molecule has 0 N–H and O–H groups in total. The van der Waals surface area contributed by atoms with E-state index >= 15 is 0 Å². The number of aromatic nitrogens is 2. The van der Waals surface area contributed by atoms with E-state index in [2.05, 4.69) is 192 Å². The molecule has 0 aliphatic carbocycles. The first-order chi connectivity index (χ1) is 25.0. The van der Waals surface area contributed by atoms with E-state index in [9.17, 15) is 0 Å². The first-order valence-electron chi connectivity index (χ1n) is 19.1. The third-order valence-corrected chi connectivity index (χ3v) is 11.9. The monoisotopic (exact) mass is 681 g/mol. The standard InChI is InChI=1S/C49H51N3/c1-10-49(9,11-2)36-16-23-46-41(28-36)40-27-34(7)15-22-45(40)52(46)39-20-25-48-43(30-39)42-29-38(50(31(3)4)44-21-14-33(6)26-35(44)8)19-24-47(42)51(48)37-17-12-32(5)13-18-37/h12-31H,10-11H2,1-9H3. The minimum Gasteiger partial charge on any atom is -0.339 e. The molecule has 0 bridgehead atoms. The number of hydrogen-bond acceptors (Lipinski definition) is 1. The summed E-state index contributed by atoms with van der Waals surface area (Å²) in [5.74, 6) is 0. The lowest BCUT2D eigenvalue weighted by Gasteiger charge is -2.31. The van der Waals surface area contributed by atoms with Crippen molar-refractivity contribution in [3.8, 4) is 11.4 Å². The SMILES string of the molecule is CCC(C)(CC)c1ccc2c(c1)c1cc(C)ccc1n2-c1ccc2c(c1)c1cc(N(c3ccc(C)cc3C)C(C)C)ccc1n2-c1ccc(C)cc1. The van der Waals surface area contributed by atoms with Crippen molar-refractivity contribution in [3.63, 3.8) is 0 Å². The molecule has 0 saturated carbocycles.